The van der Waals surface area contributed by atoms with Crippen LogP contribution in [0.4, 0.5) is 0 Å². The highest BCUT2D eigenvalue weighted by molar-refractivity contribution is 5.85. The molecule has 1 aromatic carbocycles. The zero-order chi connectivity index (χ0) is 15.4. The Morgan fingerprint density at radius 3 is 2.82 bits per heavy atom. The Labute approximate surface area is 139 Å². The van der Waals surface area contributed by atoms with Crippen LogP contribution in [0.3, 0.4) is 0 Å². The van der Waals surface area contributed by atoms with E-state index in [1.54, 1.807) is 0 Å². The second kappa shape index (κ2) is 8.51. The van der Waals surface area contributed by atoms with E-state index >= 15 is 0 Å². The third kappa shape index (κ3) is 4.45. The van der Waals surface area contributed by atoms with Gasteiger partial charge in [0.15, 0.2) is 0 Å². The molecule has 0 aliphatic carbocycles. The first-order valence-corrected chi connectivity index (χ1v) is 7.65. The monoisotopic (exact) mass is 326 g/mol. The minimum Gasteiger partial charge on any atom is -0.370 e. The van der Waals surface area contributed by atoms with Crippen LogP contribution in [0.1, 0.15) is 36.1 Å². The summed E-state index contributed by atoms with van der Waals surface area (Å²) in [4.78, 5) is 14.3. The van der Waals surface area contributed by atoms with Crippen molar-refractivity contribution in [1.82, 2.24) is 10.2 Å². The molecule has 22 heavy (non-hydrogen) atoms. The Balaban J connectivity index is 0.00000242. The minimum atomic E-state index is -0.0142. The van der Waals surface area contributed by atoms with Gasteiger partial charge in [0.1, 0.15) is 6.10 Å². The van der Waals surface area contributed by atoms with Gasteiger partial charge >= 0.3 is 0 Å². The maximum atomic E-state index is 12.3. The number of aryl methyl sites for hydroxylation is 2. The second-order valence-corrected chi connectivity index (χ2v) is 5.93. The third-order valence-corrected chi connectivity index (χ3v) is 4.12. The molecule has 1 amide bonds. The number of halogens is 1. The van der Waals surface area contributed by atoms with Gasteiger partial charge in [-0.2, -0.15) is 0 Å². The number of ether oxygens (including phenoxy) is 1. The van der Waals surface area contributed by atoms with Gasteiger partial charge in [-0.15, -0.1) is 12.4 Å². The molecule has 2 rings (SSSR count). The lowest BCUT2D eigenvalue weighted by Crippen LogP contribution is -2.48. The van der Waals surface area contributed by atoms with E-state index in [0.717, 1.165) is 6.54 Å². The van der Waals surface area contributed by atoms with Gasteiger partial charge in [-0.3, -0.25) is 4.79 Å². The Morgan fingerprint density at radius 1 is 1.41 bits per heavy atom. The molecule has 0 aromatic heterocycles. The Hall–Kier alpha value is -1.10. The lowest BCUT2D eigenvalue weighted by atomic mass is 9.98. The lowest BCUT2D eigenvalue weighted by Gasteiger charge is -2.38. The fraction of sp³-hybridized carbons (Fsp3) is 0.588. The van der Waals surface area contributed by atoms with E-state index in [4.69, 9.17) is 4.74 Å². The molecule has 0 saturated carbocycles. The zero-order valence-corrected chi connectivity index (χ0v) is 14.7. The molecule has 0 spiro atoms. The van der Waals surface area contributed by atoms with E-state index in [1.165, 1.54) is 16.7 Å². The highest BCUT2D eigenvalue weighted by Crippen LogP contribution is 2.28. The smallest absolute Gasteiger partial charge is 0.224 e. The number of amides is 1. The van der Waals surface area contributed by atoms with Crippen molar-refractivity contribution in [3.63, 3.8) is 0 Å². The molecule has 124 valence electrons. The van der Waals surface area contributed by atoms with Crippen LogP contribution in [-0.2, 0) is 9.53 Å². The molecule has 0 bridgehead atoms. The first-order chi connectivity index (χ1) is 10.0. The normalized spacial score (nSPS) is 21.4. The summed E-state index contributed by atoms with van der Waals surface area (Å²) < 4.78 is 5.99. The number of nitrogens with zero attached hydrogens (tertiary/aromatic N) is 1. The maximum Gasteiger partial charge on any atom is 0.224 e. The molecule has 1 aliphatic rings. The van der Waals surface area contributed by atoms with Gasteiger partial charge in [0.25, 0.3) is 0 Å². The molecule has 1 fully saturated rings. The molecule has 1 heterocycles. The average Bonchev–Trinajstić information content (AvgIpc) is 2.48. The van der Waals surface area contributed by atoms with Gasteiger partial charge < -0.3 is 15.0 Å². The fourth-order valence-electron chi connectivity index (χ4n) is 2.77. The van der Waals surface area contributed by atoms with E-state index in [1.807, 2.05) is 11.9 Å². The van der Waals surface area contributed by atoms with Gasteiger partial charge in [0.2, 0.25) is 5.91 Å². The lowest BCUT2D eigenvalue weighted by molar-refractivity contribution is -0.144. The maximum absolute atomic E-state index is 12.3. The van der Waals surface area contributed by atoms with Crippen LogP contribution in [-0.4, -0.2) is 43.6 Å². The zero-order valence-electron chi connectivity index (χ0n) is 13.9. The summed E-state index contributed by atoms with van der Waals surface area (Å²) in [5, 5.41) is 3.03. The molecule has 5 heteroatoms. The van der Waals surface area contributed by atoms with Gasteiger partial charge in [-0.05, 0) is 38.9 Å². The molecule has 2 unspecified atom stereocenters. The average molecular weight is 327 g/mol. The fourth-order valence-corrected chi connectivity index (χ4v) is 2.77. The summed E-state index contributed by atoms with van der Waals surface area (Å²) in [6.45, 7) is 8.21. The largest absolute Gasteiger partial charge is 0.370 e. The SMILES string of the molecule is CNCCC(=O)N1CC(c2cc(C)ccc2C)OCC1C.Cl. The number of hydrogen-bond acceptors (Lipinski definition) is 3. The van der Waals surface area contributed by atoms with Crippen LogP contribution in [0.2, 0.25) is 0 Å². The first kappa shape index (κ1) is 18.9. The van der Waals surface area contributed by atoms with E-state index in [2.05, 4.69) is 44.3 Å². The predicted octanol–water partition coefficient (Wildman–Crippen LogP) is 2.62. The molecule has 0 radical (unpaired) electrons. The van der Waals surface area contributed by atoms with Crippen LogP contribution in [0.15, 0.2) is 18.2 Å². The Kier molecular flexibility index (Phi) is 7.33. The molecular weight excluding hydrogens is 300 g/mol. The van der Waals surface area contributed by atoms with Crippen molar-refractivity contribution in [3.05, 3.63) is 34.9 Å². The molecule has 1 N–H and O–H groups in total. The van der Waals surface area contributed by atoms with Crippen LogP contribution >= 0.6 is 12.4 Å². The number of rotatable bonds is 4. The predicted molar refractivity (Wildman–Crippen MR) is 91.6 cm³/mol. The van der Waals surface area contributed by atoms with E-state index in [0.29, 0.717) is 19.6 Å². The topological polar surface area (TPSA) is 41.6 Å². The molecule has 1 aromatic rings. The van der Waals surface area contributed by atoms with Crippen molar-refractivity contribution in [2.45, 2.75) is 39.3 Å². The molecule has 1 aliphatic heterocycles. The van der Waals surface area contributed by atoms with Gasteiger partial charge in [-0.1, -0.05) is 23.8 Å². The van der Waals surface area contributed by atoms with Crippen molar-refractivity contribution >= 4 is 18.3 Å². The molecular formula is C17H27ClN2O2. The van der Waals surface area contributed by atoms with E-state index in [-0.39, 0.29) is 30.5 Å². The van der Waals surface area contributed by atoms with E-state index < -0.39 is 0 Å². The quantitative estimate of drug-likeness (QED) is 0.924. The highest BCUT2D eigenvalue weighted by atomic mass is 35.5. The molecule has 2 atom stereocenters. The van der Waals surface area contributed by atoms with Crippen LogP contribution < -0.4 is 5.32 Å². The molecule has 1 saturated heterocycles. The van der Waals surface area contributed by atoms with Crippen molar-refractivity contribution in [2.24, 2.45) is 0 Å². The second-order valence-electron chi connectivity index (χ2n) is 5.93. The number of nitrogens with one attached hydrogen (secondary N) is 1. The number of carbonyl (C=O) groups is 1. The third-order valence-electron chi connectivity index (χ3n) is 4.12. The summed E-state index contributed by atoms with van der Waals surface area (Å²) in [7, 11) is 1.87. The van der Waals surface area contributed by atoms with E-state index in [9.17, 15) is 4.79 Å². The van der Waals surface area contributed by atoms with Gasteiger partial charge in [-0.25, -0.2) is 0 Å². The molecule has 4 nitrogen and oxygen atoms in total. The van der Waals surface area contributed by atoms with Crippen LogP contribution in [0, 0.1) is 13.8 Å². The summed E-state index contributed by atoms with van der Waals surface area (Å²) in [5.41, 5.74) is 3.65. The minimum absolute atomic E-state index is 0. The number of hydrogen-bond donors (Lipinski definition) is 1. The summed E-state index contributed by atoms with van der Waals surface area (Å²) >= 11 is 0. The highest BCUT2D eigenvalue weighted by Gasteiger charge is 2.30. The van der Waals surface area contributed by atoms with Crippen LogP contribution in [0.25, 0.3) is 0 Å². The van der Waals surface area contributed by atoms with Gasteiger partial charge in [0, 0.05) is 13.0 Å². The van der Waals surface area contributed by atoms with Crippen molar-refractivity contribution in [3.8, 4) is 0 Å². The summed E-state index contributed by atoms with van der Waals surface area (Å²) in [6, 6.07) is 6.56. The van der Waals surface area contributed by atoms with Crippen LogP contribution in [0.5, 0.6) is 0 Å². The number of morpholine rings is 1. The standard InChI is InChI=1S/C17H26N2O2.ClH/c1-12-5-6-13(2)15(9-12)16-10-19(14(3)11-21-16)17(20)7-8-18-4;/h5-6,9,14,16,18H,7-8,10-11H2,1-4H3;1H. The Bertz CT molecular complexity index is 507. The van der Waals surface area contributed by atoms with Gasteiger partial charge in [0.05, 0.1) is 19.2 Å². The van der Waals surface area contributed by atoms with Crippen molar-refractivity contribution in [1.29, 1.82) is 0 Å². The number of benzene rings is 1. The number of carbonyl (C=O) groups excluding carboxylic acids is 1. The van der Waals surface area contributed by atoms with Crippen molar-refractivity contribution < 1.29 is 9.53 Å². The van der Waals surface area contributed by atoms with Crippen molar-refractivity contribution in [2.75, 3.05) is 26.7 Å². The first-order valence-electron chi connectivity index (χ1n) is 7.65. The Morgan fingerprint density at radius 2 is 2.14 bits per heavy atom. The summed E-state index contributed by atoms with van der Waals surface area (Å²) in [6.07, 6.45) is 0.528. The summed E-state index contributed by atoms with van der Waals surface area (Å²) in [5.74, 6) is 0.204.